The standard InChI is InChI=1S/C23H20BrClN4O2/c1-11(2)28-20-18(26-23(28)24)22(30)29(19(20)14-5-7-15(25)8-6-14)16-9-12(3)21-17(10-16)13(4)27-31-21/h5-11,19H,1-4H3. The fourth-order valence-corrected chi connectivity index (χ4v) is 5.25. The molecule has 1 amide bonds. The Morgan fingerprint density at radius 3 is 2.55 bits per heavy atom. The minimum absolute atomic E-state index is 0.123. The van der Waals surface area contributed by atoms with E-state index in [1.165, 1.54) is 0 Å². The lowest BCUT2D eigenvalue weighted by atomic mass is 10.0. The maximum atomic E-state index is 13.7. The van der Waals surface area contributed by atoms with Crippen molar-refractivity contribution in [1.82, 2.24) is 14.7 Å². The molecule has 3 heterocycles. The van der Waals surface area contributed by atoms with Gasteiger partial charge in [0.1, 0.15) is 6.04 Å². The number of hydrogen-bond acceptors (Lipinski definition) is 4. The lowest BCUT2D eigenvalue weighted by molar-refractivity contribution is 0.0989. The third kappa shape index (κ3) is 3.02. The third-order valence-electron chi connectivity index (χ3n) is 5.75. The normalized spacial score (nSPS) is 16.0. The maximum absolute atomic E-state index is 13.7. The summed E-state index contributed by atoms with van der Waals surface area (Å²) >= 11 is 9.70. The van der Waals surface area contributed by atoms with Crippen LogP contribution in [0.1, 0.15) is 58.9 Å². The lowest BCUT2D eigenvalue weighted by Crippen LogP contribution is -2.30. The van der Waals surface area contributed by atoms with Crippen LogP contribution in [0.5, 0.6) is 0 Å². The van der Waals surface area contributed by atoms with E-state index in [0.29, 0.717) is 15.5 Å². The number of nitrogens with zero attached hydrogens (tertiary/aromatic N) is 4. The predicted octanol–water partition coefficient (Wildman–Crippen LogP) is 6.39. The van der Waals surface area contributed by atoms with Crippen LogP contribution in [0.25, 0.3) is 11.0 Å². The van der Waals surface area contributed by atoms with E-state index in [4.69, 9.17) is 16.1 Å². The topological polar surface area (TPSA) is 64.2 Å². The highest BCUT2D eigenvalue weighted by molar-refractivity contribution is 9.10. The molecule has 8 heteroatoms. The molecule has 0 saturated heterocycles. The zero-order valence-corrected chi connectivity index (χ0v) is 19.8. The lowest BCUT2D eigenvalue weighted by Gasteiger charge is -2.28. The summed E-state index contributed by atoms with van der Waals surface area (Å²) in [4.78, 5) is 20.1. The Hall–Kier alpha value is -2.64. The van der Waals surface area contributed by atoms with E-state index in [9.17, 15) is 4.79 Å². The molecule has 1 aliphatic rings. The molecule has 0 aliphatic carbocycles. The van der Waals surface area contributed by atoms with Crippen LogP contribution in [0.3, 0.4) is 0 Å². The number of anilines is 1. The number of carbonyl (C=O) groups is 1. The van der Waals surface area contributed by atoms with Crippen LogP contribution in [0.4, 0.5) is 5.69 Å². The van der Waals surface area contributed by atoms with Crippen molar-refractivity contribution in [3.8, 4) is 0 Å². The van der Waals surface area contributed by atoms with Crippen LogP contribution in [-0.2, 0) is 0 Å². The van der Waals surface area contributed by atoms with E-state index < -0.39 is 0 Å². The van der Waals surface area contributed by atoms with Crippen LogP contribution >= 0.6 is 27.5 Å². The van der Waals surface area contributed by atoms with E-state index in [2.05, 4.69) is 44.5 Å². The van der Waals surface area contributed by atoms with E-state index in [-0.39, 0.29) is 18.0 Å². The van der Waals surface area contributed by atoms with Gasteiger partial charge in [0.25, 0.3) is 5.91 Å². The van der Waals surface area contributed by atoms with Gasteiger partial charge in [-0.15, -0.1) is 0 Å². The van der Waals surface area contributed by atoms with Crippen molar-refractivity contribution in [3.63, 3.8) is 0 Å². The van der Waals surface area contributed by atoms with Crippen LogP contribution in [0.2, 0.25) is 5.02 Å². The third-order valence-corrected chi connectivity index (χ3v) is 6.56. The minimum Gasteiger partial charge on any atom is -0.356 e. The minimum atomic E-state index is -0.335. The Morgan fingerprint density at radius 2 is 1.87 bits per heavy atom. The first-order valence-corrected chi connectivity index (χ1v) is 11.2. The number of benzene rings is 2. The van der Waals surface area contributed by atoms with Crippen LogP contribution in [0, 0.1) is 13.8 Å². The van der Waals surface area contributed by atoms with Crippen molar-refractivity contribution in [2.24, 2.45) is 0 Å². The van der Waals surface area contributed by atoms with Crippen molar-refractivity contribution in [2.45, 2.75) is 39.8 Å². The van der Waals surface area contributed by atoms with Gasteiger partial charge < -0.3 is 9.09 Å². The summed E-state index contributed by atoms with van der Waals surface area (Å²) in [6.07, 6.45) is 0. The largest absolute Gasteiger partial charge is 0.356 e. The second-order valence-corrected chi connectivity index (χ2v) is 9.26. The number of amides is 1. The molecule has 4 aromatic rings. The van der Waals surface area contributed by atoms with Gasteiger partial charge in [-0.1, -0.05) is 28.9 Å². The van der Waals surface area contributed by atoms with Crippen molar-refractivity contribution in [2.75, 3.05) is 4.90 Å². The number of fused-ring (bicyclic) bond motifs is 2. The molecule has 0 saturated carbocycles. The number of aryl methyl sites for hydroxylation is 2. The first kappa shape index (κ1) is 20.3. The Kier molecular flexibility index (Phi) is 4.71. The van der Waals surface area contributed by atoms with Gasteiger partial charge in [-0.2, -0.15) is 0 Å². The summed E-state index contributed by atoms with van der Waals surface area (Å²) in [5.41, 5.74) is 5.53. The number of carbonyl (C=O) groups excluding carboxylic acids is 1. The number of aromatic nitrogens is 3. The molecule has 0 fully saturated rings. The van der Waals surface area contributed by atoms with E-state index in [1.807, 2.05) is 55.1 Å². The average Bonchev–Trinajstić information content (AvgIpc) is 3.34. The zero-order chi connectivity index (χ0) is 22.0. The molecule has 1 atom stereocenters. The van der Waals surface area contributed by atoms with Gasteiger partial charge in [-0.3, -0.25) is 9.69 Å². The molecule has 0 spiro atoms. The summed E-state index contributed by atoms with van der Waals surface area (Å²) < 4.78 is 8.20. The first-order chi connectivity index (χ1) is 14.8. The van der Waals surface area contributed by atoms with Crippen molar-refractivity contribution in [1.29, 1.82) is 0 Å². The van der Waals surface area contributed by atoms with E-state index in [1.54, 1.807) is 0 Å². The van der Waals surface area contributed by atoms with Crippen LogP contribution in [0.15, 0.2) is 45.7 Å². The van der Waals surface area contributed by atoms with E-state index in [0.717, 1.165) is 39.2 Å². The molecule has 0 N–H and O–H groups in total. The summed E-state index contributed by atoms with van der Waals surface area (Å²) in [5.74, 6) is -0.136. The van der Waals surface area contributed by atoms with Crippen LogP contribution in [-0.4, -0.2) is 20.6 Å². The monoisotopic (exact) mass is 498 g/mol. The fraction of sp³-hybridized carbons (Fsp3) is 0.261. The van der Waals surface area contributed by atoms with Gasteiger partial charge in [-0.25, -0.2) is 4.98 Å². The quantitative estimate of drug-likeness (QED) is 0.328. The molecule has 158 valence electrons. The molecule has 2 aromatic heterocycles. The molecular weight excluding hydrogens is 480 g/mol. The second kappa shape index (κ2) is 7.21. The summed E-state index contributed by atoms with van der Waals surface area (Å²) in [5, 5.41) is 5.64. The Balaban J connectivity index is 1.77. The number of halogens is 2. The van der Waals surface area contributed by atoms with Gasteiger partial charge in [0.05, 0.1) is 11.4 Å². The van der Waals surface area contributed by atoms with Gasteiger partial charge in [0, 0.05) is 22.1 Å². The molecule has 2 aromatic carbocycles. The summed E-state index contributed by atoms with van der Waals surface area (Å²) in [7, 11) is 0. The molecule has 0 radical (unpaired) electrons. The molecule has 0 bridgehead atoms. The highest BCUT2D eigenvalue weighted by Crippen LogP contribution is 2.45. The number of imidazole rings is 1. The zero-order valence-electron chi connectivity index (χ0n) is 17.5. The predicted molar refractivity (Wildman–Crippen MR) is 124 cm³/mol. The highest BCUT2D eigenvalue weighted by atomic mass is 79.9. The van der Waals surface area contributed by atoms with Crippen molar-refractivity contribution in [3.05, 3.63) is 74.4 Å². The Labute approximate surface area is 192 Å². The molecular formula is C23H20BrClN4O2. The number of hydrogen-bond donors (Lipinski definition) is 0. The summed E-state index contributed by atoms with van der Waals surface area (Å²) in [6.45, 7) is 8.02. The van der Waals surface area contributed by atoms with Gasteiger partial charge in [-0.05, 0) is 79.0 Å². The highest BCUT2D eigenvalue weighted by Gasteiger charge is 2.44. The molecule has 31 heavy (non-hydrogen) atoms. The van der Waals surface area contributed by atoms with Crippen LogP contribution < -0.4 is 4.90 Å². The molecule has 1 aliphatic heterocycles. The first-order valence-electron chi connectivity index (χ1n) is 10.0. The molecule has 1 unspecified atom stereocenters. The average molecular weight is 500 g/mol. The van der Waals surface area contributed by atoms with Crippen molar-refractivity contribution < 1.29 is 9.32 Å². The van der Waals surface area contributed by atoms with Gasteiger partial charge >= 0.3 is 0 Å². The van der Waals surface area contributed by atoms with Gasteiger partial charge in [0.2, 0.25) is 0 Å². The summed E-state index contributed by atoms with van der Waals surface area (Å²) in [6, 6.07) is 11.3. The maximum Gasteiger partial charge on any atom is 0.279 e. The van der Waals surface area contributed by atoms with Crippen molar-refractivity contribution >= 4 is 50.1 Å². The molecule has 5 rings (SSSR count). The SMILES string of the molecule is Cc1noc2c(C)cc(N3C(=O)c4nc(Br)n(C(C)C)c4C3c3ccc(Cl)cc3)cc12. The van der Waals surface area contributed by atoms with E-state index >= 15 is 0 Å². The smallest absolute Gasteiger partial charge is 0.279 e. The second-order valence-electron chi connectivity index (χ2n) is 8.12. The Morgan fingerprint density at radius 1 is 1.16 bits per heavy atom. The fourth-order valence-electron chi connectivity index (χ4n) is 4.35. The Bertz CT molecular complexity index is 1340. The van der Waals surface area contributed by atoms with Gasteiger partial charge in [0.15, 0.2) is 16.0 Å². The molecule has 6 nitrogen and oxygen atoms in total. The number of rotatable bonds is 3.